The number of aryl methyl sites for hydroxylation is 1. The first kappa shape index (κ1) is 17.0. The molecule has 0 aliphatic heterocycles. The maximum absolute atomic E-state index is 12.0. The van der Waals surface area contributed by atoms with Gasteiger partial charge in [0.15, 0.2) is 12.4 Å². The zero-order valence-corrected chi connectivity index (χ0v) is 13.3. The molecule has 8 nitrogen and oxygen atoms in total. The van der Waals surface area contributed by atoms with Gasteiger partial charge in [0.05, 0.1) is 12.1 Å². The summed E-state index contributed by atoms with van der Waals surface area (Å²) >= 11 is 0. The third-order valence-electron chi connectivity index (χ3n) is 3.06. The number of hydrogen-bond acceptors (Lipinski definition) is 6. The zero-order valence-electron chi connectivity index (χ0n) is 13.3. The molecule has 0 aliphatic carbocycles. The molecular weight excluding hydrogens is 312 g/mol. The van der Waals surface area contributed by atoms with Crippen molar-refractivity contribution in [2.45, 2.75) is 6.92 Å². The summed E-state index contributed by atoms with van der Waals surface area (Å²) < 4.78 is 10.2. The molecule has 0 bridgehead atoms. The van der Waals surface area contributed by atoms with Crippen LogP contribution in [-0.4, -0.2) is 42.1 Å². The first-order chi connectivity index (χ1) is 11.5. The van der Waals surface area contributed by atoms with E-state index in [2.05, 4.69) is 10.5 Å². The highest BCUT2D eigenvalue weighted by Crippen LogP contribution is 2.16. The molecule has 24 heavy (non-hydrogen) atoms. The Labute approximate surface area is 138 Å². The van der Waals surface area contributed by atoms with E-state index >= 15 is 0 Å². The average molecular weight is 328 g/mol. The molecule has 1 aromatic carbocycles. The van der Waals surface area contributed by atoms with E-state index in [0.717, 1.165) is 0 Å². The van der Waals surface area contributed by atoms with Crippen molar-refractivity contribution in [3.05, 3.63) is 41.7 Å². The van der Waals surface area contributed by atoms with Crippen LogP contribution < -0.4 is 10.1 Å². The number of aromatic nitrogens is 1. The van der Waals surface area contributed by atoms with Crippen LogP contribution in [0.1, 0.15) is 11.3 Å². The van der Waals surface area contributed by atoms with Gasteiger partial charge < -0.3 is 19.5 Å². The van der Waals surface area contributed by atoms with Gasteiger partial charge >= 0.3 is 0 Å². The molecule has 0 aliphatic rings. The zero-order chi connectivity index (χ0) is 17.5. The second-order valence-electron chi connectivity index (χ2n) is 5.02. The lowest BCUT2D eigenvalue weighted by molar-refractivity contribution is -0.135. The maximum atomic E-state index is 12.0. The van der Waals surface area contributed by atoms with Crippen LogP contribution >= 0.6 is 0 Å². The molecule has 0 fully saturated rings. The monoisotopic (exact) mass is 328 g/mol. The number of carbonyl (C=O) groups is 2. The minimum Gasteiger partial charge on any atom is -0.482 e. The second-order valence-corrected chi connectivity index (χ2v) is 5.02. The number of likely N-dealkylation sites (N-methyl/N-ethyl adjacent to an activating group) is 1. The van der Waals surface area contributed by atoms with Gasteiger partial charge in [-0.25, -0.2) is 0 Å². The summed E-state index contributed by atoms with van der Waals surface area (Å²) in [7, 11) is 1.48. The van der Waals surface area contributed by atoms with Gasteiger partial charge in [-0.3, -0.25) is 9.59 Å². The second kappa shape index (κ2) is 7.78. The number of para-hydroxylation sites is 1. The topological polar surface area (TPSA) is 108 Å². The van der Waals surface area contributed by atoms with Gasteiger partial charge in [0, 0.05) is 13.1 Å². The normalized spacial score (nSPS) is 9.88. The lowest BCUT2D eigenvalue weighted by atomic mass is 10.2. The van der Waals surface area contributed by atoms with Crippen molar-refractivity contribution < 1.29 is 18.8 Å². The Morgan fingerprint density at radius 2 is 2.17 bits per heavy atom. The van der Waals surface area contributed by atoms with E-state index in [-0.39, 0.29) is 19.0 Å². The number of nitrogens with zero attached hydrogens (tertiary/aromatic N) is 3. The summed E-state index contributed by atoms with van der Waals surface area (Å²) in [5.41, 5.74) is 0.340. The molecule has 2 aromatic rings. The molecule has 1 heterocycles. The fourth-order valence-electron chi connectivity index (χ4n) is 1.85. The van der Waals surface area contributed by atoms with Crippen molar-refractivity contribution in [3.63, 3.8) is 0 Å². The first-order valence-electron chi connectivity index (χ1n) is 7.08. The summed E-state index contributed by atoms with van der Waals surface area (Å²) in [5, 5.41) is 15.1. The largest absolute Gasteiger partial charge is 0.482 e. The van der Waals surface area contributed by atoms with Crippen LogP contribution in [0.3, 0.4) is 0 Å². The van der Waals surface area contributed by atoms with Crippen LogP contribution in [0, 0.1) is 18.3 Å². The van der Waals surface area contributed by atoms with Crippen LogP contribution in [0.4, 0.5) is 5.82 Å². The summed E-state index contributed by atoms with van der Waals surface area (Å²) in [5.74, 6) is 0.381. The van der Waals surface area contributed by atoms with Gasteiger partial charge in [-0.1, -0.05) is 17.3 Å². The predicted molar refractivity (Wildman–Crippen MR) is 84.2 cm³/mol. The highest BCUT2D eigenvalue weighted by Gasteiger charge is 2.15. The highest BCUT2D eigenvalue weighted by molar-refractivity contribution is 5.93. The Morgan fingerprint density at radius 1 is 1.42 bits per heavy atom. The van der Waals surface area contributed by atoms with Gasteiger partial charge in [0.1, 0.15) is 17.6 Å². The van der Waals surface area contributed by atoms with Crippen molar-refractivity contribution in [3.8, 4) is 11.8 Å². The Hall–Kier alpha value is -3.34. The van der Waals surface area contributed by atoms with Crippen molar-refractivity contribution in [1.29, 1.82) is 5.26 Å². The molecule has 0 saturated carbocycles. The van der Waals surface area contributed by atoms with Crippen LogP contribution in [0.15, 0.2) is 34.9 Å². The molecule has 124 valence electrons. The van der Waals surface area contributed by atoms with E-state index in [1.165, 1.54) is 11.9 Å². The standard InChI is InChI=1S/C16H16N4O4/c1-11-7-14(19-24-11)18-15(21)9-20(2)16(22)10-23-13-6-4-3-5-12(13)8-17/h3-7H,9-10H2,1-2H3,(H,18,19,21). The number of nitrogens with one attached hydrogen (secondary N) is 1. The molecule has 2 amide bonds. The van der Waals surface area contributed by atoms with Crippen LogP contribution in [0.2, 0.25) is 0 Å². The number of hydrogen-bond donors (Lipinski definition) is 1. The first-order valence-corrected chi connectivity index (χ1v) is 7.08. The van der Waals surface area contributed by atoms with E-state index in [9.17, 15) is 9.59 Å². The molecule has 1 aromatic heterocycles. The number of carbonyl (C=O) groups excluding carboxylic acids is 2. The molecular formula is C16H16N4O4. The molecule has 0 atom stereocenters. The number of nitriles is 1. The van der Waals surface area contributed by atoms with Gasteiger partial charge in [-0.05, 0) is 19.1 Å². The third kappa shape index (κ3) is 4.58. The predicted octanol–water partition coefficient (Wildman–Crippen LogP) is 1.33. The molecule has 8 heteroatoms. The Balaban J connectivity index is 1.83. The van der Waals surface area contributed by atoms with Gasteiger partial charge in [0.25, 0.3) is 5.91 Å². The molecule has 0 unspecified atom stereocenters. The fraction of sp³-hybridized carbons (Fsp3) is 0.250. The van der Waals surface area contributed by atoms with Crippen molar-refractivity contribution in [2.24, 2.45) is 0 Å². The summed E-state index contributed by atoms with van der Waals surface area (Å²) in [6, 6.07) is 10.2. The third-order valence-corrected chi connectivity index (χ3v) is 3.06. The maximum Gasteiger partial charge on any atom is 0.260 e. The molecule has 2 rings (SSSR count). The van der Waals surface area contributed by atoms with Crippen molar-refractivity contribution in [2.75, 3.05) is 25.5 Å². The fourth-order valence-corrected chi connectivity index (χ4v) is 1.85. The molecule has 0 radical (unpaired) electrons. The Kier molecular flexibility index (Phi) is 5.52. The Bertz CT molecular complexity index is 778. The van der Waals surface area contributed by atoms with Crippen molar-refractivity contribution >= 4 is 17.6 Å². The summed E-state index contributed by atoms with van der Waals surface area (Å²) in [6.45, 7) is 1.27. The van der Waals surface area contributed by atoms with Crippen LogP contribution in [-0.2, 0) is 9.59 Å². The Morgan fingerprint density at radius 3 is 2.83 bits per heavy atom. The van der Waals surface area contributed by atoms with E-state index in [1.54, 1.807) is 37.3 Å². The minimum absolute atomic E-state index is 0.159. The number of benzene rings is 1. The van der Waals surface area contributed by atoms with Gasteiger partial charge in [-0.15, -0.1) is 0 Å². The number of rotatable bonds is 6. The number of amides is 2. The van der Waals surface area contributed by atoms with E-state index < -0.39 is 11.8 Å². The number of anilines is 1. The molecule has 0 saturated heterocycles. The van der Waals surface area contributed by atoms with Crippen molar-refractivity contribution in [1.82, 2.24) is 10.1 Å². The molecule has 1 N–H and O–H groups in total. The van der Waals surface area contributed by atoms with E-state index in [4.69, 9.17) is 14.5 Å². The van der Waals surface area contributed by atoms with Gasteiger partial charge in [0.2, 0.25) is 5.91 Å². The number of ether oxygens (including phenoxy) is 1. The summed E-state index contributed by atoms with van der Waals surface area (Å²) in [4.78, 5) is 25.1. The van der Waals surface area contributed by atoms with Gasteiger partial charge in [-0.2, -0.15) is 5.26 Å². The van der Waals surface area contributed by atoms with Crippen LogP contribution in [0.25, 0.3) is 0 Å². The SMILES string of the molecule is Cc1cc(NC(=O)CN(C)C(=O)COc2ccccc2C#N)no1. The average Bonchev–Trinajstić information content (AvgIpc) is 2.97. The summed E-state index contributed by atoms with van der Waals surface area (Å²) in [6.07, 6.45) is 0. The quantitative estimate of drug-likeness (QED) is 0.857. The smallest absolute Gasteiger partial charge is 0.260 e. The lowest BCUT2D eigenvalue weighted by Gasteiger charge is -2.16. The minimum atomic E-state index is -0.406. The highest BCUT2D eigenvalue weighted by atomic mass is 16.5. The van der Waals surface area contributed by atoms with Crippen LogP contribution in [0.5, 0.6) is 5.75 Å². The van der Waals surface area contributed by atoms with E-state index in [0.29, 0.717) is 17.1 Å². The lowest BCUT2D eigenvalue weighted by Crippen LogP contribution is -2.37. The molecule has 0 spiro atoms. The van der Waals surface area contributed by atoms with E-state index in [1.807, 2.05) is 6.07 Å².